The summed E-state index contributed by atoms with van der Waals surface area (Å²) in [6.07, 6.45) is 0. The summed E-state index contributed by atoms with van der Waals surface area (Å²) in [5.41, 5.74) is 1.74. The molecule has 0 aliphatic rings. The molecule has 1 aromatic carbocycles. The van der Waals surface area contributed by atoms with Crippen molar-refractivity contribution in [2.75, 3.05) is 6.54 Å². The number of nitrogens with zero attached hydrogens (tertiary/aromatic N) is 1. The number of amides is 1. The van der Waals surface area contributed by atoms with Gasteiger partial charge in [0, 0.05) is 23.5 Å². The Morgan fingerprint density at radius 3 is 2.78 bits per heavy atom. The second-order valence-electron chi connectivity index (χ2n) is 4.87. The van der Waals surface area contributed by atoms with Crippen LogP contribution in [-0.2, 0) is 7.05 Å². The van der Waals surface area contributed by atoms with Crippen LogP contribution in [-0.4, -0.2) is 17.0 Å². The first-order valence-corrected chi connectivity index (χ1v) is 6.82. The molecular formula is C14H17BrN2O. The lowest BCUT2D eigenvalue weighted by atomic mass is 10.2. The van der Waals surface area contributed by atoms with Crippen molar-refractivity contribution < 1.29 is 4.79 Å². The van der Waals surface area contributed by atoms with Crippen molar-refractivity contribution in [3.63, 3.8) is 0 Å². The Kier molecular flexibility index (Phi) is 3.76. The number of rotatable bonds is 3. The zero-order valence-corrected chi connectivity index (χ0v) is 12.4. The number of carbonyl (C=O) groups is 1. The second-order valence-corrected chi connectivity index (χ2v) is 5.72. The molecule has 1 heterocycles. The number of para-hydroxylation sites is 1. The number of nitrogens with one attached hydrogen (secondary N) is 1. The van der Waals surface area contributed by atoms with Gasteiger partial charge in [-0.05, 0) is 34.0 Å². The summed E-state index contributed by atoms with van der Waals surface area (Å²) >= 11 is 3.52. The molecule has 0 radical (unpaired) electrons. The van der Waals surface area contributed by atoms with Crippen LogP contribution in [0, 0.1) is 5.92 Å². The van der Waals surface area contributed by atoms with Gasteiger partial charge in [0.2, 0.25) is 0 Å². The van der Waals surface area contributed by atoms with Gasteiger partial charge in [0.1, 0.15) is 5.69 Å². The highest BCUT2D eigenvalue weighted by Crippen LogP contribution is 2.26. The minimum absolute atomic E-state index is 0.0192. The van der Waals surface area contributed by atoms with E-state index < -0.39 is 0 Å². The van der Waals surface area contributed by atoms with E-state index in [1.165, 1.54) is 0 Å². The van der Waals surface area contributed by atoms with E-state index in [1.54, 1.807) is 0 Å². The van der Waals surface area contributed by atoms with Crippen LogP contribution in [0.15, 0.2) is 28.7 Å². The van der Waals surface area contributed by atoms with Crippen LogP contribution < -0.4 is 5.32 Å². The standard InChI is InChI=1S/C14H17BrN2O/c1-9(2)8-16-14(18)12-7-10-5-4-6-11(15)13(10)17(12)3/h4-7,9H,8H2,1-3H3,(H,16,18). The summed E-state index contributed by atoms with van der Waals surface area (Å²) in [6.45, 7) is 4.86. The monoisotopic (exact) mass is 308 g/mol. The van der Waals surface area contributed by atoms with Crippen LogP contribution in [0.4, 0.5) is 0 Å². The van der Waals surface area contributed by atoms with Gasteiger partial charge >= 0.3 is 0 Å². The van der Waals surface area contributed by atoms with E-state index in [1.807, 2.05) is 35.9 Å². The third-order valence-electron chi connectivity index (χ3n) is 2.91. The van der Waals surface area contributed by atoms with Crippen molar-refractivity contribution >= 4 is 32.7 Å². The molecule has 0 aliphatic carbocycles. The zero-order valence-electron chi connectivity index (χ0n) is 10.8. The Hall–Kier alpha value is -1.29. The second kappa shape index (κ2) is 5.14. The first-order valence-electron chi connectivity index (χ1n) is 6.03. The van der Waals surface area contributed by atoms with Crippen LogP contribution in [0.5, 0.6) is 0 Å². The SMILES string of the molecule is CC(C)CNC(=O)c1cc2cccc(Br)c2n1C. The lowest BCUT2D eigenvalue weighted by Gasteiger charge is -2.08. The fraction of sp³-hybridized carbons (Fsp3) is 0.357. The number of hydrogen-bond acceptors (Lipinski definition) is 1. The van der Waals surface area contributed by atoms with Crippen molar-refractivity contribution in [2.24, 2.45) is 13.0 Å². The summed E-state index contributed by atoms with van der Waals surface area (Å²) < 4.78 is 2.93. The summed E-state index contributed by atoms with van der Waals surface area (Å²) in [6, 6.07) is 7.90. The maximum absolute atomic E-state index is 12.1. The summed E-state index contributed by atoms with van der Waals surface area (Å²) in [7, 11) is 1.91. The Labute approximate surface area is 115 Å². The van der Waals surface area contributed by atoms with Gasteiger partial charge < -0.3 is 9.88 Å². The molecule has 3 nitrogen and oxygen atoms in total. The highest BCUT2D eigenvalue weighted by Gasteiger charge is 2.14. The topological polar surface area (TPSA) is 34.0 Å². The fourth-order valence-corrected chi connectivity index (χ4v) is 2.62. The third kappa shape index (κ3) is 2.43. The number of halogens is 1. The predicted octanol–water partition coefficient (Wildman–Crippen LogP) is 3.33. The molecule has 1 N–H and O–H groups in total. The van der Waals surface area contributed by atoms with Crippen molar-refractivity contribution in [2.45, 2.75) is 13.8 Å². The Balaban J connectivity index is 2.37. The van der Waals surface area contributed by atoms with E-state index in [-0.39, 0.29) is 5.91 Å². The number of fused-ring (bicyclic) bond motifs is 1. The molecule has 0 spiro atoms. The van der Waals surface area contributed by atoms with Crippen molar-refractivity contribution in [1.82, 2.24) is 9.88 Å². The van der Waals surface area contributed by atoms with Crippen LogP contribution in [0.3, 0.4) is 0 Å². The smallest absolute Gasteiger partial charge is 0.267 e. The molecule has 1 aromatic heterocycles. The van der Waals surface area contributed by atoms with Crippen LogP contribution in [0.25, 0.3) is 10.9 Å². The number of benzene rings is 1. The average Bonchev–Trinajstić information content (AvgIpc) is 2.65. The van der Waals surface area contributed by atoms with Crippen LogP contribution in [0.1, 0.15) is 24.3 Å². The highest BCUT2D eigenvalue weighted by atomic mass is 79.9. The largest absolute Gasteiger partial charge is 0.351 e. The third-order valence-corrected chi connectivity index (χ3v) is 3.55. The van der Waals surface area contributed by atoms with Gasteiger partial charge in [-0.15, -0.1) is 0 Å². The first kappa shape index (κ1) is 13.1. The number of hydrogen-bond donors (Lipinski definition) is 1. The Morgan fingerprint density at radius 2 is 2.17 bits per heavy atom. The molecule has 0 unspecified atom stereocenters. The van der Waals surface area contributed by atoms with Crippen molar-refractivity contribution in [1.29, 1.82) is 0 Å². The molecule has 18 heavy (non-hydrogen) atoms. The average molecular weight is 309 g/mol. The minimum atomic E-state index is -0.0192. The van der Waals surface area contributed by atoms with Crippen LogP contribution in [0.2, 0.25) is 0 Å². The first-order chi connectivity index (χ1) is 8.50. The Morgan fingerprint density at radius 1 is 1.44 bits per heavy atom. The summed E-state index contributed by atoms with van der Waals surface area (Å²) in [4.78, 5) is 12.1. The Bertz CT molecular complexity index is 587. The lowest BCUT2D eigenvalue weighted by Crippen LogP contribution is -2.28. The van der Waals surface area contributed by atoms with E-state index in [0.29, 0.717) is 18.2 Å². The molecule has 0 saturated carbocycles. The molecule has 2 aromatic rings. The minimum Gasteiger partial charge on any atom is -0.351 e. The van der Waals surface area contributed by atoms with Crippen LogP contribution >= 0.6 is 15.9 Å². The van der Waals surface area contributed by atoms with Crippen molar-refractivity contribution in [3.8, 4) is 0 Å². The summed E-state index contributed by atoms with van der Waals surface area (Å²) in [5, 5.41) is 4.02. The van der Waals surface area contributed by atoms with Gasteiger partial charge in [0.05, 0.1) is 5.52 Å². The number of aromatic nitrogens is 1. The van der Waals surface area contributed by atoms with E-state index in [9.17, 15) is 4.79 Å². The van der Waals surface area contributed by atoms with E-state index in [2.05, 4.69) is 35.1 Å². The van der Waals surface area contributed by atoms with E-state index >= 15 is 0 Å². The molecule has 96 valence electrons. The fourth-order valence-electron chi connectivity index (χ4n) is 1.97. The van der Waals surface area contributed by atoms with Gasteiger partial charge in [0.25, 0.3) is 5.91 Å². The molecule has 0 aliphatic heterocycles. The molecular weight excluding hydrogens is 292 g/mol. The van der Waals surface area contributed by atoms with Gasteiger partial charge in [-0.1, -0.05) is 26.0 Å². The van der Waals surface area contributed by atoms with Gasteiger partial charge in [0.15, 0.2) is 0 Å². The molecule has 4 heteroatoms. The van der Waals surface area contributed by atoms with Gasteiger partial charge in [-0.3, -0.25) is 4.79 Å². The van der Waals surface area contributed by atoms with Gasteiger partial charge in [-0.2, -0.15) is 0 Å². The molecule has 0 bridgehead atoms. The highest BCUT2D eigenvalue weighted by molar-refractivity contribution is 9.10. The zero-order chi connectivity index (χ0) is 13.3. The normalized spacial score (nSPS) is 11.2. The molecule has 2 rings (SSSR count). The van der Waals surface area contributed by atoms with E-state index in [0.717, 1.165) is 15.4 Å². The molecule has 1 amide bonds. The molecule has 0 atom stereocenters. The summed E-state index contributed by atoms with van der Waals surface area (Å²) in [5.74, 6) is 0.435. The number of aryl methyl sites for hydroxylation is 1. The quantitative estimate of drug-likeness (QED) is 0.927. The number of carbonyl (C=O) groups excluding carboxylic acids is 1. The molecule has 0 fully saturated rings. The predicted molar refractivity (Wildman–Crippen MR) is 77.8 cm³/mol. The maximum atomic E-state index is 12.1. The van der Waals surface area contributed by atoms with E-state index in [4.69, 9.17) is 0 Å². The van der Waals surface area contributed by atoms with Crippen molar-refractivity contribution in [3.05, 3.63) is 34.4 Å². The molecule has 0 saturated heterocycles. The van der Waals surface area contributed by atoms with Gasteiger partial charge in [-0.25, -0.2) is 0 Å². The lowest BCUT2D eigenvalue weighted by molar-refractivity contribution is 0.0941. The maximum Gasteiger partial charge on any atom is 0.267 e.